The molecule has 1 fully saturated rings. The Morgan fingerprint density at radius 3 is 2.29 bits per heavy atom. The highest BCUT2D eigenvalue weighted by atomic mass is 32.2. The molecule has 0 aliphatic carbocycles. The predicted octanol–water partition coefficient (Wildman–Crippen LogP) is 2.91. The molecular formula is C18H20N2O3S. The van der Waals surface area contributed by atoms with Crippen LogP contribution in [0.15, 0.2) is 54.6 Å². The van der Waals surface area contributed by atoms with Crippen LogP contribution in [0.25, 0.3) is 11.1 Å². The second-order valence-electron chi connectivity index (χ2n) is 6.05. The Hall–Kier alpha value is -2.34. The van der Waals surface area contributed by atoms with E-state index in [0.717, 1.165) is 11.1 Å². The first-order valence-electron chi connectivity index (χ1n) is 7.93. The largest absolute Gasteiger partial charge is 0.338 e. The first-order valence-corrected chi connectivity index (χ1v) is 9.75. The van der Waals surface area contributed by atoms with Crippen LogP contribution in [0.1, 0.15) is 6.42 Å². The highest BCUT2D eigenvalue weighted by Crippen LogP contribution is 2.21. The molecule has 5 nitrogen and oxygen atoms in total. The van der Waals surface area contributed by atoms with Gasteiger partial charge in [-0.25, -0.2) is 13.2 Å². The minimum atomic E-state index is -2.91. The highest BCUT2D eigenvalue weighted by Gasteiger charge is 2.27. The number of nitrogens with one attached hydrogen (secondary N) is 2. The van der Waals surface area contributed by atoms with E-state index in [1.165, 1.54) is 0 Å². The van der Waals surface area contributed by atoms with Crippen molar-refractivity contribution in [2.75, 3.05) is 23.4 Å². The number of urea groups is 1. The molecule has 0 spiro atoms. The van der Waals surface area contributed by atoms with Crippen molar-refractivity contribution < 1.29 is 13.2 Å². The molecule has 2 aromatic rings. The van der Waals surface area contributed by atoms with Gasteiger partial charge < -0.3 is 10.6 Å². The molecule has 1 saturated heterocycles. The van der Waals surface area contributed by atoms with Crippen molar-refractivity contribution in [1.29, 1.82) is 0 Å². The number of benzene rings is 2. The van der Waals surface area contributed by atoms with Crippen LogP contribution in [0.3, 0.4) is 0 Å². The maximum atomic E-state index is 11.9. The molecule has 0 saturated carbocycles. The molecule has 2 aromatic carbocycles. The van der Waals surface area contributed by atoms with E-state index in [-0.39, 0.29) is 23.5 Å². The predicted molar refractivity (Wildman–Crippen MR) is 95.7 cm³/mol. The van der Waals surface area contributed by atoms with Gasteiger partial charge in [-0.05, 0) is 35.6 Å². The summed E-state index contributed by atoms with van der Waals surface area (Å²) in [6, 6.07) is 17.3. The fraction of sp³-hybridized carbons (Fsp3) is 0.278. The van der Waals surface area contributed by atoms with Crippen LogP contribution in [0.4, 0.5) is 10.5 Å². The molecule has 6 heteroatoms. The van der Waals surface area contributed by atoms with Gasteiger partial charge in [-0.1, -0.05) is 42.5 Å². The van der Waals surface area contributed by atoms with Gasteiger partial charge in [-0.3, -0.25) is 0 Å². The van der Waals surface area contributed by atoms with Gasteiger partial charge in [0.1, 0.15) is 0 Å². The van der Waals surface area contributed by atoms with E-state index in [0.29, 0.717) is 18.7 Å². The van der Waals surface area contributed by atoms with E-state index in [2.05, 4.69) is 10.6 Å². The summed E-state index contributed by atoms with van der Waals surface area (Å²) in [4.78, 5) is 11.9. The maximum absolute atomic E-state index is 11.9. The molecule has 126 valence electrons. The van der Waals surface area contributed by atoms with E-state index in [1.807, 2.05) is 54.6 Å². The summed E-state index contributed by atoms with van der Waals surface area (Å²) in [5.41, 5.74) is 2.90. The van der Waals surface area contributed by atoms with E-state index in [4.69, 9.17) is 0 Å². The molecule has 24 heavy (non-hydrogen) atoms. The number of hydrogen-bond donors (Lipinski definition) is 2. The van der Waals surface area contributed by atoms with E-state index < -0.39 is 9.84 Å². The van der Waals surface area contributed by atoms with Gasteiger partial charge in [-0.2, -0.15) is 0 Å². The molecule has 1 atom stereocenters. The topological polar surface area (TPSA) is 75.3 Å². The second-order valence-corrected chi connectivity index (χ2v) is 8.28. The van der Waals surface area contributed by atoms with Crippen molar-refractivity contribution in [3.8, 4) is 11.1 Å². The van der Waals surface area contributed by atoms with Gasteiger partial charge in [0.2, 0.25) is 0 Å². The summed E-state index contributed by atoms with van der Waals surface area (Å²) in [6.45, 7) is 0.382. The number of hydrogen-bond acceptors (Lipinski definition) is 3. The molecule has 0 aromatic heterocycles. The highest BCUT2D eigenvalue weighted by molar-refractivity contribution is 7.91. The summed E-state index contributed by atoms with van der Waals surface area (Å²) in [7, 11) is -2.91. The molecule has 3 rings (SSSR count). The fourth-order valence-electron chi connectivity index (χ4n) is 2.82. The van der Waals surface area contributed by atoms with Crippen LogP contribution in [0.2, 0.25) is 0 Å². The van der Waals surface area contributed by atoms with Gasteiger partial charge in [-0.15, -0.1) is 0 Å². The summed E-state index contributed by atoms with van der Waals surface area (Å²) in [5.74, 6) is 0.405. The fourth-order valence-corrected chi connectivity index (χ4v) is 4.68. The zero-order valence-corrected chi connectivity index (χ0v) is 14.1. The second kappa shape index (κ2) is 7.05. The lowest BCUT2D eigenvalue weighted by molar-refractivity contribution is 0.250. The molecule has 2 amide bonds. The van der Waals surface area contributed by atoms with E-state index in [9.17, 15) is 13.2 Å². The quantitative estimate of drug-likeness (QED) is 0.895. The Bertz CT molecular complexity index is 802. The third kappa shape index (κ3) is 4.35. The smallest absolute Gasteiger partial charge is 0.319 e. The number of carbonyl (C=O) groups is 1. The van der Waals surface area contributed by atoms with Crippen molar-refractivity contribution in [2.24, 2.45) is 5.92 Å². The van der Waals surface area contributed by atoms with E-state index >= 15 is 0 Å². The van der Waals surface area contributed by atoms with Gasteiger partial charge in [0.15, 0.2) is 9.84 Å². The Morgan fingerprint density at radius 2 is 1.67 bits per heavy atom. The van der Waals surface area contributed by atoms with Gasteiger partial charge in [0, 0.05) is 12.2 Å². The van der Waals surface area contributed by atoms with Crippen molar-refractivity contribution in [3.05, 3.63) is 54.6 Å². The van der Waals surface area contributed by atoms with Crippen molar-refractivity contribution in [2.45, 2.75) is 6.42 Å². The zero-order valence-electron chi connectivity index (χ0n) is 13.2. The lowest BCUT2D eigenvalue weighted by Gasteiger charge is -2.11. The average Bonchev–Trinajstić information content (AvgIpc) is 2.94. The van der Waals surface area contributed by atoms with Crippen molar-refractivity contribution in [3.63, 3.8) is 0 Å². The minimum absolute atomic E-state index is 0.0150. The summed E-state index contributed by atoms with van der Waals surface area (Å²) in [5, 5.41) is 5.51. The van der Waals surface area contributed by atoms with Gasteiger partial charge in [0.25, 0.3) is 0 Å². The van der Waals surface area contributed by atoms with Gasteiger partial charge in [0.05, 0.1) is 11.5 Å². The van der Waals surface area contributed by atoms with Crippen LogP contribution >= 0.6 is 0 Å². The number of amides is 2. The average molecular weight is 344 g/mol. The molecule has 0 radical (unpaired) electrons. The zero-order chi connectivity index (χ0) is 17.0. The van der Waals surface area contributed by atoms with Crippen LogP contribution in [-0.2, 0) is 9.84 Å². The molecule has 1 heterocycles. The van der Waals surface area contributed by atoms with Crippen molar-refractivity contribution >= 4 is 21.6 Å². The standard InChI is InChI=1S/C18H20N2O3S/c21-18(19-12-14-10-11-24(22,23)13-14)20-17-8-6-16(7-9-17)15-4-2-1-3-5-15/h1-9,14H,10-13H2,(H2,19,20,21). The Labute approximate surface area is 142 Å². The first kappa shape index (κ1) is 16.5. The van der Waals surface area contributed by atoms with E-state index in [1.54, 1.807) is 0 Å². The molecule has 1 unspecified atom stereocenters. The molecule has 1 aliphatic rings. The van der Waals surface area contributed by atoms with Crippen molar-refractivity contribution in [1.82, 2.24) is 5.32 Å². The van der Waals surface area contributed by atoms with Crippen LogP contribution in [0, 0.1) is 5.92 Å². The lowest BCUT2D eigenvalue weighted by atomic mass is 10.1. The summed E-state index contributed by atoms with van der Waals surface area (Å²) in [6.07, 6.45) is 0.619. The monoisotopic (exact) mass is 344 g/mol. The third-order valence-corrected chi connectivity index (χ3v) is 5.96. The molecule has 1 aliphatic heterocycles. The normalized spacial score (nSPS) is 18.9. The van der Waals surface area contributed by atoms with Crippen LogP contribution in [0.5, 0.6) is 0 Å². The summed E-state index contributed by atoms with van der Waals surface area (Å²) >= 11 is 0. The van der Waals surface area contributed by atoms with Crippen LogP contribution < -0.4 is 10.6 Å². The molecule has 0 bridgehead atoms. The number of carbonyl (C=O) groups excluding carboxylic acids is 1. The minimum Gasteiger partial charge on any atom is -0.338 e. The number of sulfone groups is 1. The van der Waals surface area contributed by atoms with Crippen LogP contribution in [-0.4, -0.2) is 32.5 Å². The molecule has 2 N–H and O–H groups in total. The summed E-state index contributed by atoms with van der Waals surface area (Å²) < 4.78 is 22.8. The third-order valence-electron chi connectivity index (χ3n) is 4.13. The Morgan fingerprint density at radius 1 is 1.00 bits per heavy atom. The molecular weight excluding hydrogens is 324 g/mol. The van der Waals surface area contributed by atoms with Gasteiger partial charge >= 0.3 is 6.03 Å². The first-order chi connectivity index (χ1) is 11.5. The lowest BCUT2D eigenvalue weighted by Crippen LogP contribution is -2.33. The Kier molecular flexibility index (Phi) is 4.85. The maximum Gasteiger partial charge on any atom is 0.319 e. The Balaban J connectivity index is 1.51. The SMILES string of the molecule is O=C(NCC1CCS(=O)(=O)C1)Nc1ccc(-c2ccccc2)cc1. The number of anilines is 1. The number of rotatable bonds is 4.